The number of para-hydroxylation sites is 2. The van der Waals surface area contributed by atoms with Crippen molar-refractivity contribution < 1.29 is 23.8 Å². The van der Waals surface area contributed by atoms with Crippen LogP contribution in [-0.4, -0.2) is 56.2 Å². The van der Waals surface area contributed by atoms with Gasteiger partial charge in [0, 0.05) is 38.4 Å². The van der Waals surface area contributed by atoms with E-state index in [2.05, 4.69) is 25.9 Å². The second kappa shape index (κ2) is 14.1. The van der Waals surface area contributed by atoms with Gasteiger partial charge in [-0.05, 0) is 66.3 Å². The molecule has 3 aromatic carbocycles. The summed E-state index contributed by atoms with van der Waals surface area (Å²) >= 11 is 0. The van der Waals surface area contributed by atoms with Gasteiger partial charge in [0.05, 0.1) is 44.1 Å². The Morgan fingerprint density at radius 3 is 2.53 bits per heavy atom. The minimum atomic E-state index is -0.386. The van der Waals surface area contributed by atoms with Crippen LogP contribution in [0.4, 0.5) is 5.69 Å². The van der Waals surface area contributed by atoms with Gasteiger partial charge in [0.1, 0.15) is 5.82 Å². The van der Waals surface area contributed by atoms with E-state index in [4.69, 9.17) is 14.2 Å². The number of methoxy groups -OCH3 is 3. The first-order valence-corrected chi connectivity index (χ1v) is 15.0. The van der Waals surface area contributed by atoms with Gasteiger partial charge >= 0.3 is 0 Å². The van der Waals surface area contributed by atoms with Gasteiger partial charge < -0.3 is 35.1 Å². The van der Waals surface area contributed by atoms with E-state index in [-0.39, 0.29) is 23.3 Å². The molecule has 0 radical (unpaired) electrons. The summed E-state index contributed by atoms with van der Waals surface area (Å²) in [7, 11) is 4.69. The van der Waals surface area contributed by atoms with Crippen LogP contribution in [-0.2, 0) is 22.4 Å². The topological polar surface area (TPSA) is 144 Å². The van der Waals surface area contributed by atoms with Gasteiger partial charge in [-0.2, -0.15) is 0 Å². The molecule has 1 atom stereocenters. The average molecular weight is 614 g/mol. The fourth-order valence-electron chi connectivity index (χ4n) is 5.86. The highest BCUT2D eigenvalue weighted by Crippen LogP contribution is 2.50. The number of hydrogen-bond donors (Lipinski definition) is 4. The fraction of sp³-hybridized carbons (Fsp3) is 0.353. The van der Waals surface area contributed by atoms with E-state index in [1.54, 1.807) is 33.5 Å². The highest BCUT2D eigenvalue weighted by molar-refractivity contribution is 5.84. The van der Waals surface area contributed by atoms with E-state index in [1.165, 1.54) is 6.92 Å². The summed E-state index contributed by atoms with van der Waals surface area (Å²) < 4.78 is 17.1. The summed E-state index contributed by atoms with van der Waals surface area (Å²) in [6.07, 6.45) is 2.66. The number of imidazole rings is 1. The molecule has 1 aliphatic rings. The molecule has 0 fully saturated rings. The number of rotatable bonds is 12. The van der Waals surface area contributed by atoms with Crippen LogP contribution in [0.2, 0.25) is 0 Å². The largest absolute Gasteiger partial charge is 0.493 e. The van der Waals surface area contributed by atoms with Crippen LogP contribution in [0, 0.1) is 0 Å². The molecule has 2 amide bonds. The summed E-state index contributed by atoms with van der Waals surface area (Å²) in [5.41, 5.74) is 5.26. The Labute approximate surface area is 261 Å². The number of amides is 2. The van der Waals surface area contributed by atoms with Gasteiger partial charge in [0.15, 0.2) is 11.5 Å². The highest BCUT2D eigenvalue weighted by Gasteiger charge is 2.29. The van der Waals surface area contributed by atoms with Gasteiger partial charge in [0.2, 0.25) is 23.0 Å². The number of carbonyl (C=O) groups excluding carboxylic acids is 2. The molecule has 1 aliphatic carbocycles. The third kappa shape index (κ3) is 7.03. The summed E-state index contributed by atoms with van der Waals surface area (Å²) in [5, 5.41) is 9.15. The number of carbonyl (C=O) groups is 2. The zero-order chi connectivity index (χ0) is 31.9. The van der Waals surface area contributed by atoms with Crippen LogP contribution >= 0.6 is 0 Å². The number of hydrogen-bond acceptors (Lipinski definition) is 8. The lowest BCUT2D eigenvalue weighted by molar-refractivity contribution is -0.121. The average Bonchev–Trinajstić information content (AvgIpc) is 3.30. The zero-order valence-corrected chi connectivity index (χ0v) is 26.0. The minimum absolute atomic E-state index is 0.0631. The van der Waals surface area contributed by atoms with E-state index in [0.29, 0.717) is 73.7 Å². The fourth-order valence-corrected chi connectivity index (χ4v) is 5.86. The zero-order valence-electron chi connectivity index (χ0n) is 26.0. The molecule has 4 N–H and O–H groups in total. The quantitative estimate of drug-likeness (QED) is 0.173. The molecule has 11 heteroatoms. The lowest BCUT2D eigenvalue weighted by Gasteiger charge is -2.19. The molecule has 1 aromatic heterocycles. The predicted octanol–water partition coefficient (Wildman–Crippen LogP) is 4.29. The van der Waals surface area contributed by atoms with E-state index < -0.39 is 0 Å². The van der Waals surface area contributed by atoms with Crippen LogP contribution in [0.1, 0.15) is 49.2 Å². The summed E-state index contributed by atoms with van der Waals surface area (Å²) in [6, 6.07) is 14.5. The molecule has 0 saturated carbocycles. The monoisotopic (exact) mass is 613 g/mol. The Bertz CT molecular complexity index is 1740. The molecule has 11 nitrogen and oxygen atoms in total. The maximum atomic E-state index is 13.5. The van der Waals surface area contributed by atoms with Crippen LogP contribution in [0.3, 0.4) is 0 Å². The predicted molar refractivity (Wildman–Crippen MR) is 173 cm³/mol. The molecule has 0 saturated heterocycles. The molecule has 0 unspecified atom stereocenters. The molecule has 236 valence electrons. The number of nitrogens with zero attached hydrogens (tertiary/aromatic N) is 1. The number of benzene rings is 2. The van der Waals surface area contributed by atoms with Crippen molar-refractivity contribution in [1.82, 2.24) is 20.6 Å². The highest BCUT2D eigenvalue weighted by atomic mass is 16.5. The van der Waals surface area contributed by atoms with Crippen LogP contribution < -0.4 is 35.6 Å². The van der Waals surface area contributed by atoms with Crippen molar-refractivity contribution >= 4 is 28.5 Å². The second-order valence-corrected chi connectivity index (χ2v) is 10.9. The summed E-state index contributed by atoms with van der Waals surface area (Å²) in [4.78, 5) is 45.9. The molecule has 0 bridgehead atoms. The van der Waals surface area contributed by atoms with Gasteiger partial charge in [-0.3, -0.25) is 14.4 Å². The van der Waals surface area contributed by atoms with Crippen molar-refractivity contribution in [1.29, 1.82) is 0 Å². The maximum absolute atomic E-state index is 13.5. The number of aromatic nitrogens is 2. The Balaban J connectivity index is 1.29. The molecular weight excluding hydrogens is 574 g/mol. The minimum Gasteiger partial charge on any atom is -0.493 e. The van der Waals surface area contributed by atoms with Crippen molar-refractivity contribution in [3.05, 3.63) is 75.7 Å². The molecule has 0 spiro atoms. The molecule has 0 aliphatic heterocycles. The molecule has 45 heavy (non-hydrogen) atoms. The standard InChI is InChI=1S/C34H39N5O6/c1-20(40)37-24-13-11-21-18-29(43-2)33(44-3)34(45-4)32(21)22-12-14-27(28(41)19-23(22)24)35-16-7-10-31(42)36-17-15-30-38-25-8-5-6-9-26(25)39-30/h5-6,8-9,12,14,18-19,24H,7,10-11,13,15-17H2,1-4H3,(H,35,41)(H,36,42)(H,37,40)(H,38,39)/t24-/m0/s1. The van der Waals surface area contributed by atoms with Crippen LogP contribution in [0.25, 0.3) is 22.2 Å². The normalized spacial score (nSPS) is 13.6. The SMILES string of the molecule is COc1cc2c(c(OC)c1OC)-c1ccc(NCCCC(=O)NCCc3nc4ccccc4[nH]3)c(=O)cc1[C@@H](NC(C)=O)CC2. The van der Waals surface area contributed by atoms with Crippen molar-refractivity contribution in [2.24, 2.45) is 0 Å². The first-order chi connectivity index (χ1) is 21.8. The smallest absolute Gasteiger partial charge is 0.220 e. The maximum Gasteiger partial charge on any atom is 0.220 e. The number of fused-ring (bicyclic) bond motifs is 4. The summed E-state index contributed by atoms with van der Waals surface area (Å²) in [5.74, 6) is 2.06. The number of anilines is 1. The van der Waals surface area contributed by atoms with Crippen LogP contribution in [0.15, 0.2) is 53.3 Å². The summed E-state index contributed by atoms with van der Waals surface area (Å²) in [6.45, 7) is 2.38. The van der Waals surface area contributed by atoms with Gasteiger partial charge in [-0.15, -0.1) is 0 Å². The third-order valence-electron chi connectivity index (χ3n) is 7.93. The second-order valence-electron chi connectivity index (χ2n) is 10.9. The van der Waals surface area contributed by atoms with Gasteiger partial charge in [0.25, 0.3) is 0 Å². The van der Waals surface area contributed by atoms with Gasteiger partial charge in [-0.25, -0.2) is 4.98 Å². The van der Waals surface area contributed by atoms with E-state index in [0.717, 1.165) is 33.5 Å². The molecular formula is C34H39N5O6. The molecule has 4 aromatic rings. The van der Waals surface area contributed by atoms with Crippen molar-refractivity contribution in [2.75, 3.05) is 39.7 Å². The van der Waals surface area contributed by atoms with E-state index >= 15 is 0 Å². The lowest BCUT2D eigenvalue weighted by Crippen LogP contribution is -2.27. The number of aryl methyl sites for hydroxylation is 1. The number of nitrogens with one attached hydrogen (secondary N) is 4. The number of H-pyrrole nitrogens is 1. The first-order valence-electron chi connectivity index (χ1n) is 15.0. The lowest BCUT2D eigenvalue weighted by atomic mass is 9.95. The number of ether oxygens (including phenoxy) is 3. The molecule has 1 heterocycles. The Morgan fingerprint density at radius 2 is 1.80 bits per heavy atom. The molecule has 5 rings (SSSR count). The first kappa shape index (κ1) is 31.4. The van der Waals surface area contributed by atoms with Crippen molar-refractivity contribution in [3.63, 3.8) is 0 Å². The Hall–Kier alpha value is -5.06. The van der Waals surface area contributed by atoms with E-state index in [9.17, 15) is 14.4 Å². The van der Waals surface area contributed by atoms with E-state index in [1.807, 2.05) is 36.4 Å². The third-order valence-corrected chi connectivity index (χ3v) is 7.93. The number of aromatic amines is 1. The Kier molecular flexibility index (Phi) is 9.86. The van der Waals surface area contributed by atoms with Crippen LogP contribution in [0.5, 0.6) is 17.2 Å². The van der Waals surface area contributed by atoms with Gasteiger partial charge in [-0.1, -0.05) is 18.2 Å². The van der Waals surface area contributed by atoms with Crippen molar-refractivity contribution in [2.45, 2.75) is 45.1 Å². The Morgan fingerprint density at radius 1 is 1.00 bits per heavy atom. The van der Waals surface area contributed by atoms with Crippen molar-refractivity contribution in [3.8, 4) is 28.4 Å².